The van der Waals surface area contributed by atoms with Gasteiger partial charge in [0.1, 0.15) is 18.2 Å². The summed E-state index contributed by atoms with van der Waals surface area (Å²) >= 11 is 0. The fourth-order valence-electron chi connectivity index (χ4n) is 3.02. The van der Waals surface area contributed by atoms with Gasteiger partial charge in [-0.15, -0.1) is 0 Å². The minimum atomic E-state index is -0.397. The van der Waals surface area contributed by atoms with Crippen molar-refractivity contribution in [3.63, 3.8) is 0 Å². The van der Waals surface area contributed by atoms with Crippen LogP contribution in [-0.2, 0) is 14.4 Å². The van der Waals surface area contributed by atoms with Crippen LogP contribution >= 0.6 is 0 Å². The monoisotopic (exact) mass is 345 g/mol. The van der Waals surface area contributed by atoms with Crippen molar-refractivity contribution in [1.29, 1.82) is 0 Å². The van der Waals surface area contributed by atoms with Crippen molar-refractivity contribution in [2.75, 3.05) is 44.2 Å². The normalized spacial score (nSPS) is 18.8. The topological polar surface area (TPSA) is 78.0 Å². The Hall–Kier alpha value is -2.41. The van der Waals surface area contributed by atoms with E-state index in [1.807, 2.05) is 23.1 Å². The van der Waals surface area contributed by atoms with Crippen LogP contribution in [0, 0.1) is 0 Å². The molecule has 3 rings (SSSR count). The first-order chi connectivity index (χ1) is 12.3. The number of anilines is 1. The minimum Gasteiger partial charge on any atom is -0.369 e. The molecule has 8 heteroatoms. The Morgan fingerprint density at radius 2 is 1.92 bits per heavy atom. The summed E-state index contributed by atoms with van der Waals surface area (Å²) in [6, 6.07) is 3.99. The third-order valence-corrected chi connectivity index (χ3v) is 4.41. The number of nitrogens with zero attached hydrogens (tertiary/aromatic N) is 4. The van der Waals surface area contributed by atoms with E-state index < -0.39 is 5.97 Å². The minimum absolute atomic E-state index is 0.0812. The molecule has 25 heavy (non-hydrogen) atoms. The summed E-state index contributed by atoms with van der Waals surface area (Å²) in [5, 5.41) is 3.40. The smallest absolute Gasteiger partial charge is 0.347 e. The SMILES string of the molecule is O=C=C1CCCCN1OC(=O)CNN1CCN(c2ccncc2)CC1. The van der Waals surface area contributed by atoms with E-state index in [0.717, 1.165) is 44.7 Å². The van der Waals surface area contributed by atoms with Gasteiger partial charge in [0, 0.05) is 50.7 Å². The van der Waals surface area contributed by atoms with Gasteiger partial charge < -0.3 is 9.74 Å². The van der Waals surface area contributed by atoms with E-state index in [1.165, 1.54) is 5.06 Å². The lowest BCUT2D eigenvalue weighted by molar-refractivity contribution is -0.183. The van der Waals surface area contributed by atoms with Gasteiger partial charge in [-0.25, -0.2) is 20.0 Å². The zero-order valence-corrected chi connectivity index (χ0v) is 14.2. The van der Waals surface area contributed by atoms with Crippen molar-refractivity contribution in [1.82, 2.24) is 20.5 Å². The Labute approximate surface area is 147 Å². The second-order valence-electron chi connectivity index (χ2n) is 6.09. The van der Waals surface area contributed by atoms with Gasteiger partial charge in [0.05, 0.1) is 6.54 Å². The van der Waals surface area contributed by atoms with E-state index in [1.54, 1.807) is 12.4 Å². The molecule has 0 aliphatic carbocycles. The summed E-state index contributed by atoms with van der Waals surface area (Å²) < 4.78 is 0. The number of rotatable bonds is 5. The highest BCUT2D eigenvalue weighted by Crippen LogP contribution is 2.18. The van der Waals surface area contributed by atoms with Gasteiger partial charge in [-0.2, -0.15) is 5.06 Å². The number of nitrogens with one attached hydrogen (secondary N) is 1. The number of carbonyl (C=O) groups excluding carboxylic acids is 2. The number of allylic oxidation sites excluding steroid dienone is 1. The molecule has 0 spiro atoms. The third-order valence-electron chi connectivity index (χ3n) is 4.41. The van der Waals surface area contributed by atoms with Crippen LogP contribution in [0.3, 0.4) is 0 Å². The molecule has 8 nitrogen and oxygen atoms in total. The van der Waals surface area contributed by atoms with Gasteiger partial charge in [-0.3, -0.25) is 4.98 Å². The maximum absolute atomic E-state index is 12.0. The second-order valence-corrected chi connectivity index (χ2v) is 6.09. The number of hydrazine groups is 1. The molecule has 2 aliphatic heterocycles. The summed E-state index contributed by atoms with van der Waals surface area (Å²) in [6.45, 7) is 3.99. The number of hydrogen-bond donors (Lipinski definition) is 1. The molecule has 1 aromatic rings. The van der Waals surface area contributed by atoms with Crippen LogP contribution in [0.25, 0.3) is 0 Å². The number of hydrogen-bond acceptors (Lipinski definition) is 8. The zero-order chi connectivity index (χ0) is 17.5. The molecule has 0 unspecified atom stereocenters. The number of piperidine rings is 1. The van der Waals surface area contributed by atoms with E-state index in [2.05, 4.69) is 15.3 Å². The Morgan fingerprint density at radius 3 is 2.64 bits per heavy atom. The van der Waals surface area contributed by atoms with Crippen LogP contribution in [0.4, 0.5) is 5.69 Å². The molecule has 0 aromatic carbocycles. The third kappa shape index (κ3) is 4.79. The Bertz CT molecular complexity index is 624. The van der Waals surface area contributed by atoms with E-state index in [-0.39, 0.29) is 6.54 Å². The highest BCUT2D eigenvalue weighted by Gasteiger charge is 2.21. The fourth-order valence-corrected chi connectivity index (χ4v) is 3.02. The molecule has 0 amide bonds. The number of carbonyl (C=O) groups is 1. The number of piperazine rings is 1. The highest BCUT2D eigenvalue weighted by atomic mass is 16.7. The Morgan fingerprint density at radius 1 is 1.16 bits per heavy atom. The van der Waals surface area contributed by atoms with Gasteiger partial charge in [-0.05, 0) is 25.0 Å². The zero-order valence-electron chi connectivity index (χ0n) is 14.2. The molecule has 3 heterocycles. The van der Waals surface area contributed by atoms with Gasteiger partial charge in [0.15, 0.2) is 0 Å². The van der Waals surface area contributed by atoms with Crippen LogP contribution in [0.5, 0.6) is 0 Å². The van der Waals surface area contributed by atoms with Gasteiger partial charge in [0.25, 0.3) is 0 Å². The molecule has 2 fully saturated rings. The van der Waals surface area contributed by atoms with Crippen LogP contribution < -0.4 is 10.3 Å². The van der Waals surface area contributed by atoms with Crippen molar-refractivity contribution in [3.05, 3.63) is 30.2 Å². The van der Waals surface area contributed by atoms with Crippen LogP contribution in [0.1, 0.15) is 19.3 Å². The van der Waals surface area contributed by atoms with Crippen molar-refractivity contribution >= 4 is 17.6 Å². The number of aromatic nitrogens is 1. The van der Waals surface area contributed by atoms with E-state index >= 15 is 0 Å². The predicted molar refractivity (Wildman–Crippen MR) is 91.9 cm³/mol. The van der Waals surface area contributed by atoms with Gasteiger partial charge in [-0.1, -0.05) is 0 Å². The van der Waals surface area contributed by atoms with Crippen molar-refractivity contribution in [3.8, 4) is 0 Å². The molecule has 2 aliphatic rings. The first-order valence-corrected chi connectivity index (χ1v) is 8.62. The Kier molecular flexibility index (Phi) is 6.00. The average Bonchev–Trinajstić information content (AvgIpc) is 2.68. The van der Waals surface area contributed by atoms with Crippen LogP contribution in [0.15, 0.2) is 30.2 Å². The first-order valence-electron chi connectivity index (χ1n) is 8.62. The lowest BCUT2D eigenvalue weighted by Crippen LogP contribution is -2.53. The molecular formula is C17H23N5O3. The molecular weight excluding hydrogens is 322 g/mol. The summed E-state index contributed by atoms with van der Waals surface area (Å²) in [4.78, 5) is 34.4. The molecule has 0 radical (unpaired) electrons. The van der Waals surface area contributed by atoms with Crippen LogP contribution in [-0.4, -0.2) is 66.2 Å². The van der Waals surface area contributed by atoms with Crippen molar-refractivity contribution in [2.24, 2.45) is 0 Å². The largest absolute Gasteiger partial charge is 0.369 e. The van der Waals surface area contributed by atoms with Crippen LogP contribution in [0.2, 0.25) is 0 Å². The molecule has 0 bridgehead atoms. The highest BCUT2D eigenvalue weighted by molar-refractivity contribution is 5.71. The van der Waals surface area contributed by atoms with E-state index in [0.29, 0.717) is 18.7 Å². The molecule has 0 atom stereocenters. The number of hydroxylamine groups is 2. The quantitative estimate of drug-likeness (QED) is 0.767. The molecule has 1 aromatic heterocycles. The van der Waals surface area contributed by atoms with Gasteiger partial charge in [0.2, 0.25) is 0 Å². The Balaban J connectivity index is 1.39. The van der Waals surface area contributed by atoms with Crippen molar-refractivity contribution < 1.29 is 14.4 Å². The maximum Gasteiger partial charge on any atom is 0.347 e. The molecule has 134 valence electrons. The number of pyridine rings is 1. The van der Waals surface area contributed by atoms with Gasteiger partial charge >= 0.3 is 5.97 Å². The summed E-state index contributed by atoms with van der Waals surface area (Å²) in [5.41, 5.74) is 4.68. The predicted octanol–water partition coefficient (Wildman–Crippen LogP) is 0.368. The maximum atomic E-state index is 12.0. The lowest BCUT2D eigenvalue weighted by atomic mass is 10.1. The lowest BCUT2D eigenvalue weighted by Gasteiger charge is -2.36. The standard InChI is InChI=1S/C17H23N5O3/c23-14-16-3-1-2-8-22(16)25-17(24)13-19-21-11-9-20(10-12-21)15-4-6-18-7-5-15/h4-7,19H,1-3,8-13H2. The molecule has 2 saturated heterocycles. The second kappa shape index (κ2) is 8.62. The molecule has 0 saturated carbocycles. The van der Waals surface area contributed by atoms with Crippen molar-refractivity contribution in [2.45, 2.75) is 19.3 Å². The average molecular weight is 345 g/mol. The first kappa shape index (κ1) is 17.4. The summed E-state index contributed by atoms with van der Waals surface area (Å²) in [7, 11) is 0. The van der Waals surface area contributed by atoms with E-state index in [4.69, 9.17) is 4.84 Å². The summed E-state index contributed by atoms with van der Waals surface area (Å²) in [6.07, 6.45) is 6.03. The van der Waals surface area contributed by atoms with E-state index in [9.17, 15) is 9.59 Å². The summed E-state index contributed by atoms with van der Waals surface area (Å²) in [5.74, 6) is 1.46. The molecule has 1 N–H and O–H groups in total. The fraction of sp³-hybridized carbons (Fsp3) is 0.529.